The van der Waals surface area contributed by atoms with Gasteiger partial charge in [-0.25, -0.2) is 9.97 Å². The minimum Gasteiger partial charge on any atom is -0.455 e. The molecule has 0 aromatic carbocycles. The van der Waals surface area contributed by atoms with Gasteiger partial charge in [-0.05, 0) is 19.9 Å². The van der Waals surface area contributed by atoms with Crippen molar-refractivity contribution in [2.45, 2.75) is 30.9 Å². The average molecular weight is 280 g/mol. The van der Waals surface area contributed by atoms with E-state index in [2.05, 4.69) is 20.1 Å². The van der Waals surface area contributed by atoms with Crippen LogP contribution < -0.4 is 0 Å². The molecule has 0 bridgehead atoms. The fourth-order valence-electron chi connectivity index (χ4n) is 1.20. The molecule has 2 rings (SSSR count). The van der Waals surface area contributed by atoms with Crippen LogP contribution in [0.1, 0.15) is 18.6 Å². The maximum absolute atomic E-state index is 11.7. The van der Waals surface area contributed by atoms with E-state index < -0.39 is 5.25 Å². The van der Waals surface area contributed by atoms with Crippen LogP contribution in [0, 0.1) is 6.92 Å². The van der Waals surface area contributed by atoms with Gasteiger partial charge in [-0.15, -0.1) is 0 Å². The third-order valence-electron chi connectivity index (χ3n) is 2.06. The summed E-state index contributed by atoms with van der Waals surface area (Å²) in [6, 6.07) is 1.71. The second kappa shape index (κ2) is 6.28. The number of carbonyl (C=O) groups is 1. The van der Waals surface area contributed by atoms with E-state index in [0.29, 0.717) is 11.0 Å². The summed E-state index contributed by atoms with van der Waals surface area (Å²) in [5.41, 5.74) is 0. The summed E-state index contributed by atoms with van der Waals surface area (Å²) in [5.74, 6) is 0.401. The summed E-state index contributed by atoms with van der Waals surface area (Å²) >= 11 is 1.23. The van der Waals surface area contributed by atoms with Crippen LogP contribution in [0.5, 0.6) is 0 Å². The van der Waals surface area contributed by atoms with E-state index in [9.17, 15) is 4.79 Å². The van der Waals surface area contributed by atoms with Gasteiger partial charge in [0.05, 0.1) is 0 Å². The highest BCUT2D eigenvalue weighted by atomic mass is 32.2. The molecule has 0 aliphatic heterocycles. The molecule has 2 aromatic rings. The predicted molar refractivity (Wildman–Crippen MR) is 66.2 cm³/mol. The smallest absolute Gasteiger partial charge is 0.319 e. The summed E-state index contributed by atoms with van der Waals surface area (Å²) in [5, 5.41) is 3.72. The van der Waals surface area contributed by atoms with Crippen molar-refractivity contribution in [2.24, 2.45) is 0 Å². The maximum Gasteiger partial charge on any atom is 0.319 e. The van der Waals surface area contributed by atoms with Crippen molar-refractivity contribution in [1.82, 2.24) is 20.1 Å². The van der Waals surface area contributed by atoms with Gasteiger partial charge in [0, 0.05) is 12.4 Å². The number of nitrogens with zero attached hydrogens (tertiary/aromatic N) is 4. The number of aromatic nitrogens is 4. The van der Waals surface area contributed by atoms with Crippen LogP contribution in [0.15, 0.2) is 28.1 Å². The fourth-order valence-corrected chi connectivity index (χ4v) is 1.93. The molecule has 0 N–H and O–H groups in total. The zero-order valence-corrected chi connectivity index (χ0v) is 11.3. The van der Waals surface area contributed by atoms with Crippen LogP contribution in [-0.4, -0.2) is 31.3 Å². The normalized spacial score (nSPS) is 12.1. The third-order valence-corrected chi connectivity index (χ3v) is 3.03. The Hall–Kier alpha value is -1.96. The number of ether oxygens (including phenoxy) is 1. The lowest BCUT2D eigenvalue weighted by Crippen LogP contribution is -2.17. The highest BCUT2D eigenvalue weighted by Gasteiger charge is 2.18. The molecule has 100 valence electrons. The number of thioether (sulfide) groups is 1. The van der Waals surface area contributed by atoms with Crippen LogP contribution in [0.4, 0.5) is 0 Å². The Morgan fingerprint density at radius 3 is 2.84 bits per heavy atom. The van der Waals surface area contributed by atoms with Crippen LogP contribution in [0.25, 0.3) is 0 Å². The molecule has 1 atom stereocenters. The largest absolute Gasteiger partial charge is 0.455 e. The van der Waals surface area contributed by atoms with Gasteiger partial charge in [-0.3, -0.25) is 4.79 Å². The van der Waals surface area contributed by atoms with E-state index in [4.69, 9.17) is 9.26 Å². The Morgan fingerprint density at radius 1 is 1.47 bits per heavy atom. The molecule has 2 heterocycles. The Labute approximate surface area is 113 Å². The Bertz CT molecular complexity index is 546. The highest BCUT2D eigenvalue weighted by molar-refractivity contribution is 8.00. The van der Waals surface area contributed by atoms with E-state index in [1.54, 1.807) is 32.3 Å². The quantitative estimate of drug-likeness (QED) is 0.461. The lowest BCUT2D eigenvalue weighted by molar-refractivity contribution is -0.144. The standard InChI is InChI=1S/C11H12N4O3S/c1-7(19-11-12-4-3-5-13-11)10(16)17-6-9-14-8(2)15-18-9/h3-5,7H,6H2,1-2H3/t7-/m0/s1. The van der Waals surface area contributed by atoms with Crippen molar-refractivity contribution >= 4 is 17.7 Å². The first kappa shape index (κ1) is 13.5. The number of esters is 1. The van der Waals surface area contributed by atoms with Gasteiger partial charge in [-0.2, -0.15) is 4.98 Å². The molecular formula is C11H12N4O3S. The van der Waals surface area contributed by atoms with Crippen molar-refractivity contribution in [3.05, 3.63) is 30.2 Å². The molecule has 0 radical (unpaired) electrons. The summed E-state index contributed by atoms with van der Waals surface area (Å²) in [6.07, 6.45) is 3.24. The summed E-state index contributed by atoms with van der Waals surface area (Å²) in [7, 11) is 0. The summed E-state index contributed by atoms with van der Waals surface area (Å²) in [6.45, 7) is 3.39. The van der Waals surface area contributed by atoms with E-state index in [-0.39, 0.29) is 18.5 Å². The van der Waals surface area contributed by atoms with Crippen LogP contribution >= 0.6 is 11.8 Å². The van der Waals surface area contributed by atoms with Crippen molar-refractivity contribution in [3.63, 3.8) is 0 Å². The van der Waals surface area contributed by atoms with E-state index in [1.807, 2.05) is 0 Å². The number of hydrogen-bond donors (Lipinski definition) is 0. The zero-order chi connectivity index (χ0) is 13.7. The first-order chi connectivity index (χ1) is 9.15. The molecular weight excluding hydrogens is 268 g/mol. The number of aryl methyl sites for hydroxylation is 1. The first-order valence-corrected chi connectivity index (χ1v) is 6.42. The Balaban J connectivity index is 1.82. The molecule has 0 aliphatic carbocycles. The SMILES string of the molecule is Cc1noc(COC(=O)[C@H](C)Sc2ncccn2)n1. The molecule has 0 aliphatic rings. The lowest BCUT2D eigenvalue weighted by Gasteiger charge is -2.08. The van der Waals surface area contributed by atoms with Crippen molar-refractivity contribution in [3.8, 4) is 0 Å². The second-order valence-electron chi connectivity index (χ2n) is 3.63. The van der Waals surface area contributed by atoms with Gasteiger partial charge >= 0.3 is 5.97 Å². The van der Waals surface area contributed by atoms with Gasteiger partial charge in [-0.1, -0.05) is 16.9 Å². The summed E-state index contributed by atoms with van der Waals surface area (Å²) < 4.78 is 9.91. The van der Waals surface area contributed by atoms with Crippen molar-refractivity contribution in [1.29, 1.82) is 0 Å². The fraction of sp³-hybridized carbons (Fsp3) is 0.364. The number of carbonyl (C=O) groups excluding carboxylic acids is 1. The van der Waals surface area contributed by atoms with Crippen molar-refractivity contribution in [2.75, 3.05) is 0 Å². The van der Waals surface area contributed by atoms with Crippen LogP contribution in [0.2, 0.25) is 0 Å². The molecule has 7 nitrogen and oxygen atoms in total. The zero-order valence-electron chi connectivity index (χ0n) is 10.4. The molecule has 0 unspecified atom stereocenters. The number of rotatable bonds is 5. The molecule has 0 saturated carbocycles. The molecule has 19 heavy (non-hydrogen) atoms. The Morgan fingerprint density at radius 2 is 2.21 bits per heavy atom. The molecule has 0 amide bonds. The molecule has 8 heteroatoms. The molecule has 0 saturated heterocycles. The van der Waals surface area contributed by atoms with Gasteiger partial charge in [0.2, 0.25) is 0 Å². The predicted octanol–water partition coefficient (Wildman–Crippen LogP) is 1.39. The van der Waals surface area contributed by atoms with E-state index in [0.717, 1.165) is 0 Å². The van der Waals surface area contributed by atoms with Gasteiger partial charge in [0.25, 0.3) is 5.89 Å². The third kappa shape index (κ3) is 4.02. The minimum absolute atomic E-state index is 0.0276. The first-order valence-electron chi connectivity index (χ1n) is 5.54. The molecule has 2 aromatic heterocycles. The van der Waals surface area contributed by atoms with E-state index >= 15 is 0 Å². The lowest BCUT2D eigenvalue weighted by atomic mass is 10.5. The molecule has 0 fully saturated rings. The number of hydrogen-bond acceptors (Lipinski definition) is 8. The van der Waals surface area contributed by atoms with Crippen molar-refractivity contribution < 1.29 is 14.1 Å². The van der Waals surface area contributed by atoms with Gasteiger partial charge in [0.15, 0.2) is 17.6 Å². The van der Waals surface area contributed by atoms with Crippen LogP contribution in [0.3, 0.4) is 0 Å². The Kier molecular flexibility index (Phi) is 4.45. The summed E-state index contributed by atoms with van der Waals surface area (Å²) in [4.78, 5) is 23.7. The average Bonchev–Trinajstić information content (AvgIpc) is 2.83. The second-order valence-corrected chi connectivity index (χ2v) is 4.94. The molecule has 0 spiro atoms. The van der Waals surface area contributed by atoms with Crippen LogP contribution in [-0.2, 0) is 16.1 Å². The highest BCUT2D eigenvalue weighted by Crippen LogP contribution is 2.19. The van der Waals surface area contributed by atoms with Gasteiger partial charge in [0.1, 0.15) is 5.25 Å². The van der Waals surface area contributed by atoms with E-state index in [1.165, 1.54) is 11.8 Å². The maximum atomic E-state index is 11.7. The minimum atomic E-state index is -0.411. The van der Waals surface area contributed by atoms with Gasteiger partial charge < -0.3 is 9.26 Å². The monoisotopic (exact) mass is 280 g/mol. The topological polar surface area (TPSA) is 91.0 Å².